The second-order valence-electron chi connectivity index (χ2n) is 5.79. The summed E-state index contributed by atoms with van der Waals surface area (Å²) in [4.78, 5) is 14.6. The number of carbonyl (C=O) groups excluding carboxylic acids is 1. The van der Waals surface area contributed by atoms with Crippen LogP contribution in [-0.2, 0) is 0 Å². The molecular formula is C19H23N3O. The number of carbonyl (C=O) groups is 1. The minimum absolute atomic E-state index is 0.000235. The Bertz CT molecular complexity index is 619. The zero-order chi connectivity index (χ0) is 15.9. The quantitative estimate of drug-likeness (QED) is 0.888. The van der Waals surface area contributed by atoms with Crippen LogP contribution in [0.2, 0.25) is 0 Å². The van der Waals surface area contributed by atoms with E-state index in [0.29, 0.717) is 12.1 Å². The molecule has 0 radical (unpaired) electrons. The molecule has 1 aliphatic heterocycles. The molecule has 120 valence electrons. The molecule has 1 heterocycles. The van der Waals surface area contributed by atoms with Crippen LogP contribution in [0.4, 0.5) is 0 Å². The first-order valence-corrected chi connectivity index (χ1v) is 8.20. The number of piperazine rings is 1. The van der Waals surface area contributed by atoms with Crippen molar-refractivity contribution < 1.29 is 4.79 Å². The molecule has 1 fully saturated rings. The van der Waals surface area contributed by atoms with Crippen molar-refractivity contribution in [1.29, 1.82) is 0 Å². The van der Waals surface area contributed by atoms with E-state index < -0.39 is 0 Å². The van der Waals surface area contributed by atoms with E-state index in [0.717, 1.165) is 43.9 Å². The van der Waals surface area contributed by atoms with Gasteiger partial charge >= 0.3 is 0 Å². The Labute approximate surface area is 137 Å². The molecule has 0 aliphatic carbocycles. The van der Waals surface area contributed by atoms with Crippen LogP contribution < -0.4 is 10.6 Å². The maximum Gasteiger partial charge on any atom is 0.251 e. The van der Waals surface area contributed by atoms with Gasteiger partial charge in [0.1, 0.15) is 0 Å². The highest BCUT2D eigenvalue weighted by atomic mass is 16.1. The minimum Gasteiger partial charge on any atom is -0.351 e. The van der Waals surface area contributed by atoms with Gasteiger partial charge in [0.05, 0.1) is 0 Å². The molecule has 4 heteroatoms. The zero-order valence-electron chi connectivity index (χ0n) is 13.3. The third-order valence-corrected chi connectivity index (χ3v) is 4.18. The lowest BCUT2D eigenvalue weighted by molar-refractivity contribution is 0.0947. The minimum atomic E-state index is -0.000235. The normalized spacial score (nSPS) is 15.3. The zero-order valence-corrected chi connectivity index (χ0v) is 13.3. The van der Waals surface area contributed by atoms with E-state index >= 15 is 0 Å². The second kappa shape index (κ2) is 7.90. The molecule has 1 amide bonds. The highest BCUT2D eigenvalue weighted by Crippen LogP contribution is 2.19. The van der Waals surface area contributed by atoms with E-state index in [9.17, 15) is 4.79 Å². The number of nitrogens with one attached hydrogen (secondary N) is 2. The van der Waals surface area contributed by atoms with Crippen molar-refractivity contribution in [2.24, 2.45) is 0 Å². The van der Waals surface area contributed by atoms with Gasteiger partial charge in [-0.1, -0.05) is 42.5 Å². The lowest BCUT2D eigenvalue weighted by Gasteiger charge is -2.27. The smallest absolute Gasteiger partial charge is 0.251 e. The van der Waals surface area contributed by atoms with Gasteiger partial charge in [-0.05, 0) is 23.3 Å². The highest BCUT2D eigenvalue weighted by molar-refractivity contribution is 5.94. The monoisotopic (exact) mass is 309 g/mol. The molecule has 0 unspecified atom stereocenters. The van der Waals surface area contributed by atoms with Crippen LogP contribution >= 0.6 is 0 Å². The number of rotatable bonds is 5. The van der Waals surface area contributed by atoms with Crippen molar-refractivity contribution in [2.45, 2.75) is 0 Å². The number of hydrogen-bond donors (Lipinski definition) is 2. The van der Waals surface area contributed by atoms with E-state index in [1.54, 1.807) is 0 Å². The summed E-state index contributed by atoms with van der Waals surface area (Å²) < 4.78 is 0. The first-order chi connectivity index (χ1) is 11.3. The summed E-state index contributed by atoms with van der Waals surface area (Å²) in [6, 6.07) is 18.0. The molecule has 2 N–H and O–H groups in total. The predicted octanol–water partition coefficient (Wildman–Crippen LogP) is 1.99. The Morgan fingerprint density at radius 2 is 1.61 bits per heavy atom. The summed E-state index contributed by atoms with van der Waals surface area (Å²) in [6.45, 7) is 5.79. The molecule has 4 nitrogen and oxygen atoms in total. The molecule has 0 spiro atoms. The maximum atomic E-state index is 12.2. The van der Waals surface area contributed by atoms with E-state index in [2.05, 4.69) is 27.7 Å². The van der Waals surface area contributed by atoms with Crippen LogP contribution in [0.1, 0.15) is 10.4 Å². The van der Waals surface area contributed by atoms with Crippen LogP contribution in [0.15, 0.2) is 54.6 Å². The molecule has 0 aromatic heterocycles. The van der Waals surface area contributed by atoms with Crippen LogP contribution in [0, 0.1) is 0 Å². The molecule has 3 rings (SSSR count). The Morgan fingerprint density at radius 1 is 0.957 bits per heavy atom. The summed E-state index contributed by atoms with van der Waals surface area (Å²) in [7, 11) is 0. The van der Waals surface area contributed by atoms with Gasteiger partial charge in [-0.2, -0.15) is 0 Å². The predicted molar refractivity (Wildman–Crippen MR) is 93.5 cm³/mol. The van der Waals surface area contributed by atoms with Gasteiger partial charge in [-0.15, -0.1) is 0 Å². The van der Waals surface area contributed by atoms with Crippen molar-refractivity contribution in [3.8, 4) is 11.1 Å². The van der Waals surface area contributed by atoms with Gasteiger partial charge in [-0.3, -0.25) is 9.69 Å². The third kappa shape index (κ3) is 4.41. The Morgan fingerprint density at radius 3 is 2.30 bits per heavy atom. The van der Waals surface area contributed by atoms with Gasteiger partial charge < -0.3 is 10.6 Å². The van der Waals surface area contributed by atoms with Crippen molar-refractivity contribution in [2.75, 3.05) is 39.3 Å². The van der Waals surface area contributed by atoms with Crippen molar-refractivity contribution in [3.05, 3.63) is 60.2 Å². The van der Waals surface area contributed by atoms with Gasteiger partial charge in [0, 0.05) is 44.8 Å². The maximum absolute atomic E-state index is 12.2. The molecule has 0 bridgehead atoms. The Kier molecular flexibility index (Phi) is 5.40. The molecule has 0 atom stereocenters. The number of benzene rings is 2. The molecule has 2 aromatic carbocycles. The fraction of sp³-hybridized carbons (Fsp3) is 0.316. The summed E-state index contributed by atoms with van der Waals surface area (Å²) in [6.07, 6.45) is 0. The number of amides is 1. The largest absolute Gasteiger partial charge is 0.351 e. The molecular weight excluding hydrogens is 286 g/mol. The molecule has 2 aromatic rings. The average molecular weight is 309 g/mol. The summed E-state index contributed by atoms with van der Waals surface area (Å²) in [5.74, 6) is -0.000235. The Hall–Kier alpha value is -2.17. The second-order valence-corrected chi connectivity index (χ2v) is 5.79. The summed E-state index contributed by atoms with van der Waals surface area (Å²) >= 11 is 0. The van der Waals surface area contributed by atoms with Crippen molar-refractivity contribution in [3.63, 3.8) is 0 Å². The van der Waals surface area contributed by atoms with Crippen molar-refractivity contribution in [1.82, 2.24) is 15.5 Å². The fourth-order valence-corrected chi connectivity index (χ4v) is 2.81. The fourth-order valence-electron chi connectivity index (χ4n) is 2.81. The lowest BCUT2D eigenvalue weighted by atomic mass is 10.0. The third-order valence-electron chi connectivity index (χ3n) is 4.18. The van der Waals surface area contributed by atoms with E-state index in [-0.39, 0.29) is 5.91 Å². The van der Waals surface area contributed by atoms with Crippen LogP contribution in [-0.4, -0.2) is 50.1 Å². The topological polar surface area (TPSA) is 44.4 Å². The van der Waals surface area contributed by atoms with Gasteiger partial charge in [0.15, 0.2) is 0 Å². The first kappa shape index (κ1) is 15.7. The number of nitrogens with zero attached hydrogens (tertiary/aromatic N) is 1. The van der Waals surface area contributed by atoms with E-state index in [1.807, 2.05) is 42.5 Å². The summed E-state index contributed by atoms with van der Waals surface area (Å²) in [5.41, 5.74) is 3.01. The van der Waals surface area contributed by atoms with Gasteiger partial charge in [0.2, 0.25) is 0 Å². The SMILES string of the molecule is O=C(NCCN1CCNCC1)c1ccc(-c2ccccc2)cc1. The van der Waals surface area contributed by atoms with Crippen molar-refractivity contribution >= 4 is 5.91 Å². The van der Waals surface area contributed by atoms with Crippen LogP contribution in [0.3, 0.4) is 0 Å². The van der Waals surface area contributed by atoms with E-state index in [1.165, 1.54) is 0 Å². The van der Waals surface area contributed by atoms with Crippen LogP contribution in [0.5, 0.6) is 0 Å². The Balaban J connectivity index is 1.51. The number of hydrogen-bond acceptors (Lipinski definition) is 3. The average Bonchev–Trinajstić information content (AvgIpc) is 2.63. The molecule has 1 saturated heterocycles. The lowest BCUT2D eigenvalue weighted by Crippen LogP contribution is -2.46. The van der Waals surface area contributed by atoms with E-state index in [4.69, 9.17) is 0 Å². The van der Waals surface area contributed by atoms with Gasteiger partial charge in [-0.25, -0.2) is 0 Å². The molecule has 23 heavy (non-hydrogen) atoms. The summed E-state index contributed by atoms with van der Waals surface area (Å²) in [5, 5.41) is 6.33. The van der Waals surface area contributed by atoms with Gasteiger partial charge in [0.25, 0.3) is 5.91 Å². The van der Waals surface area contributed by atoms with Crippen LogP contribution in [0.25, 0.3) is 11.1 Å². The molecule has 0 saturated carbocycles. The molecule has 1 aliphatic rings. The highest BCUT2D eigenvalue weighted by Gasteiger charge is 2.10. The first-order valence-electron chi connectivity index (χ1n) is 8.20. The standard InChI is InChI=1S/C19H23N3O/c23-19(21-12-15-22-13-10-20-11-14-22)18-8-6-17(7-9-18)16-4-2-1-3-5-16/h1-9,20H,10-15H2,(H,21,23).